The van der Waals surface area contributed by atoms with Gasteiger partial charge in [-0.25, -0.2) is 0 Å². The summed E-state index contributed by atoms with van der Waals surface area (Å²) in [5.41, 5.74) is 5.77. The molecule has 0 unspecified atom stereocenters. The van der Waals surface area contributed by atoms with E-state index in [1.54, 1.807) is 6.07 Å². The number of aromatic nitrogens is 2. The van der Waals surface area contributed by atoms with E-state index >= 15 is 0 Å². The first kappa shape index (κ1) is 11.1. The monoisotopic (exact) mass is 222 g/mol. The molecule has 16 heavy (non-hydrogen) atoms. The minimum absolute atomic E-state index is 0.293. The largest absolute Gasteiger partial charge is 0.382 e. The van der Waals surface area contributed by atoms with Crippen LogP contribution in [0.15, 0.2) is 12.1 Å². The van der Waals surface area contributed by atoms with Crippen molar-refractivity contribution in [2.75, 3.05) is 30.8 Å². The summed E-state index contributed by atoms with van der Waals surface area (Å²) in [5, 5.41) is 11.1. The molecule has 1 aliphatic heterocycles. The van der Waals surface area contributed by atoms with E-state index in [9.17, 15) is 0 Å². The minimum atomic E-state index is 0.293. The smallest absolute Gasteiger partial charge is 0.148 e. The molecule has 1 saturated heterocycles. The van der Waals surface area contributed by atoms with Crippen molar-refractivity contribution in [2.24, 2.45) is 5.41 Å². The summed E-state index contributed by atoms with van der Waals surface area (Å²) in [5.74, 6) is 1.23. The highest BCUT2D eigenvalue weighted by Gasteiger charge is 2.27. The second kappa shape index (κ2) is 4.65. The maximum atomic E-state index is 5.47. The highest BCUT2D eigenvalue weighted by Crippen LogP contribution is 2.29. The van der Waals surface area contributed by atoms with Crippen LogP contribution in [0.1, 0.15) is 19.8 Å². The summed E-state index contributed by atoms with van der Waals surface area (Å²) in [6.07, 6.45) is 2.17. The molecule has 0 bridgehead atoms. The maximum Gasteiger partial charge on any atom is 0.148 e. The molecule has 0 atom stereocenters. The van der Waals surface area contributed by atoms with Crippen LogP contribution in [-0.4, -0.2) is 30.0 Å². The molecular formula is C11H18N4O. The molecule has 5 heteroatoms. The molecule has 1 aromatic heterocycles. The topological polar surface area (TPSA) is 73.1 Å². The third-order valence-corrected chi connectivity index (χ3v) is 3.08. The van der Waals surface area contributed by atoms with Gasteiger partial charge in [0, 0.05) is 19.8 Å². The van der Waals surface area contributed by atoms with Crippen molar-refractivity contribution in [3.05, 3.63) is 12.1 Å². The average molecular weight is 222 g/mol. The van der Waals surface area contributed by atoms with E-state index in [1.807, 2.05) is 6.07 Å². The number of hydrogen-bond donors (Lipinski definition) is 2. The van der Waals surface area contributed by atoms with Gasteiger partial charge in [-0.05, 0) is 30.4 Å². The van der Waals surface area contributed by atoms with E-state index in [2.05, 4.69) is 22.4 Å². The van der Waals surface area contributed by atoms with Crippen molar-refractivity contribution >= 4 is 11.6 Å². The fourth-order valence-corrected chi connectivity index (χ4v) is 1.78. The van der Waals surface area contributed by atoms with Gasteiger partial charge < -0.3 is 15.8 Å². The molecule has 0 spiro atoms. The molecule has 3 N–H and O–H groups in total. The van der Waals surface area contributed by atoms with Gasteiger partial charge in [0.1, 0.15) is 11.6 Å². The van der Waals surface area contributed by atoms with Crippen LogP contribution in [0.4, 0.5) is 11.6 Å². The van der Waals surface area contributed by atoms with E-state index < -0.39 is 0 Å². The van der Waals surface area contributed by atoms with E-state index in [1.165, 1.54) is 0 Å². The van der Waals surface area contributed by atoms with Gasteiger partial charge in [-0.15, -0.1) is 10.2 Å². The van der Waals surface area contributed by atoms with E-state index in [-0.39, 0.29) is 0 Å². The number of hydrogen-bond acceptors (Lipinski definition) is 5. The fraction of sp³-hybridized carbons (Fsp3) is 0.636. The van der Waals surface area contributed by atoms with Gasteiger partial charge in [-0.3, -0.25) is 0 Å². The standard InChI is InChI=1S/C11H18N4O/c1-11(4-6-16-7-5-11)8-13-10-3-2-9(12)14-15-10/h2-3H,4-8H2,1H3,(H2,12,14)(H,13,15). The first-order chi connectivity index (χ1) is 7.68. The summed E-state index contributed by atoms with van der Waals surface area (Å²) >= 11 is 0. The van der Waals surface area contributed by atoms with Crippen LogP contribution in [0.2, 0.25) is 0 Å². The van der Waals surface area contributed by atoms with Crippen molar-refractivity contribution in [1.29, 1.82) is 0 Å². The summed E-state index contributed by atoms with van der Waals surface area (Å²) in [4.78, 5) is 0. The highest BCUT2D eigenvalue weighted by atomic mass is 16.5. The Labute approximate surface area is 95.4 Å². The molecule has 0 saturated carbocycles. The predicted molar refractivity (Wildman–Crippen MR) is 63.1 cm³/mol. The van der Waals surface area contributed by atoms with Crippen LogP contribution >= 0.6 is 0 Å². The molecule has 88 valence electrons. The molecule has 1 aromatic rings. The van der Waals surface area contributed by atoms with E-state index in [4.69, 9.17) is 10.5 Å². The SMILES string of the molecule is CC1(CNc2ccc(N)nn2)CCOCC1. The summed E-state index contributed by atoms with van der Waals surface area (Å²) < 4.78 is 5.36. The zero-order valence-electron chi connectivity index (χ0n) is 9.57. The Balaban J connectivity index is 1.88. The number of nitrogen functional groups attached to an aromatic ring is 1. The molecule has 2 rings (SSSR count). The van der Waals surface area contributed by atoms with Crippen molar-refractivity contribution in [3.8, 4) is 0 Å². The van der Waals surface area contributed by atoms with Crippen molar-refractivity contribution in [1.82, 2.24) is 10.2 Å². The quantitative estimate of drug-likeness (QED) is 0.806. The third-order valence-electron chi connectivity index (χ3n) is 3.08. The number of rotatable bonds is 3. The van der Waals surface area contributed by atoms with Gasteiger partial charge in [-0.1, -0.05) is 6.92 Å². The molecule has 0 amide bonds. The number of ether oxygens (including phenoxy) is 1. The number of anilines is 2. The number of nitrogens with two attached hydrogens (primary N) is 1. The lowest BCUT2D eigenvalue weighted by atomic mass is 9.82. The van der Waals surface area contributed by atoms with Crippen molar-refractivity contribution in [2.45, 2.75) is 19.8 Å². The number of nitrogens with one attached hydrogen (secondary N) is 1. The second-order valence-corrected chi connectivity index (χ2v) is 4.62. The van der Waals surface area contributed by atoms with Gasteiger partial charge in [0.25, 0.3) is 0 Å². The lowest BCUT2D eigenvalue weighted by Gasteiger charge is -2.33. The van der Waals surface area contributed by atoms with Crippen LogP contribution in [0.3, 0.4) is 0 Å². The van der Waals surface area contributed by atoms with Crippen molar-refractivity contribution < 1.29 is 4.74 Å². The van der Waals surface area contributed by atoms with Crippen molar-refractivity contribution in [3.63, 3.8) is 0 Å². The molecule has 0 aliphatic carbocycles. The van der Waals surface area contributed by atoms with E-state index in [0.29, 0.717) is 11.2 Å². The van der Waals surface area contributed by atoms with Crippen LogP contribution in [0.25, 0.3) is 0 Å². The Morgan fingerprint density at radius 1 is 1.38 bits per heavy atom. The molecule has 1 fully saturated rings. The Kier molecular flexibility index (Phi) is 3.24. The minimum Gasteiger partial charge on any atom is -0.382 e. The maximum absolute atomic E-state index is 5.47. The molecule has 5 nitrogen and oxygen atoms in total. The predicted octanol–water partition coefficient (Wildman–Crippen LogP) is 1.29. The van der Waals surface area contributed by atoms with Crippen LogP contribution < -0.4 is 11.1 Å². The lowest BCUT2D eigenvalue weighted by molar-refractivity contribution is 0.0299. The Bertz CT molecular complexity index is 332. The summed E-state index contributed by atoms with van der Waals surface area (Å²) in [6, 6.07) is 3.60. The molecule has 2 heterocycles. The third kappa shape index (κ3) is 2.82. The van der Waals surface area contributed by atoms with Gasteiger partial charge in [-0.2, -0.15) is 0 Å². The zero-order chi connectivity index (χ0) is 11.4. The molecular weight excluding hydrogens is 204 g/mol. The first-order valence-electron chi connectivity index (χ1n) is 5.59. The van der Waals surface area contributed by atoms with E-state index in [0.717, 1.165) is 38.4 Å². The van der Waals surface area contributed by atoms with Gasteiger partial charge in [0.15, 0.2) is 0 Å². The van der Waals surface area contributed by atoms with Gasteiger partial charge in [0.05, 0.1) is 0 Å². The lowest BCUT2D eigenvalue weighted by Crippen LogP contribution is -2.33. The van der Waals surface area contributed by atoms with Crippen LogP contribution in [-0.2, 0) is 4.74 Å². The Hall–Kier alpha value is -1.36. The molecule has 0 aromatic carbocycles. The second-order valence-electron chi connectivity index (χ2n) is 4.62. The Morgan fingerprint density at radius 3 is 2.75 bits per heavy atom. The van der Waals surface area contributed by atoms with Crippen LogP contribution in [0.5, 0.6) is 0 Å². The van der Waals surface area contributed by atoms with Gasteiger partial charge in [0.2, 0.25) is 0 Å². The normalized spacial score (nSPS) is 19.3. The zero-order valence-corrected chi connectivity index (χ0v) is 9.57. The summed E-state index contributed by atoms with van der Waals surface area (Å²) in [7, 11) is 0. The Morgan fingerprint density at radius 2 is 2.12 bits per heavy atom. The molecule has 0 radical (unpaired) electrons. The first-order valence-corrected chi connectivity index (χ1v) is 5.59. The highest BCUT2D eigenvalue weighted by molar-refractivity contribution is 5.38. The number of nitrogens with zero attached hydrogens (tertiary/aromatic N) is 2. The van der Waals surface area contributed by atoms with Gasteiger partial charge >= 0.3 is 0 Å². The van der Waals surface area contributed by atoms with Crippen LogP contribution in [0, 0.1) is 5.41 Å². The fourth-order valence-electron chi connectivity index (χ4n) is 1.78. The summed E-state index contributed by atoms with van der Waals surface area (Å²) in [6.45, 7) is 4.87. The average Bonchev–Trinajstić information content (AvgIpc) is 2.29. The molecule has 1 aliphatic rings.